The van der Waals surface area contributed by atoms with E-state index in [9.17, 15) is 13.2 Å². The first-order chi connectivity index (χ1) is 14.3. The van der Waals surface area contributed by atoms with Gasteiger partial charge in [-0.25, -0.2) is 13.4 Å². The second-order valence-corrected chi connectivity index (χ2v) is 9.65. The molecule has 0 radical (unpaired) electrons. The van der Waals surface area contributed by atoms with Crippen LogP contribution < -0.4 is 10.1 Å². The average molecular weight is 446 g/mol. The number of aryl methyl sites for hydroxylation is 1. The van der Waals surface area contributed by atoms with Gasteiger partial charge in [-0.15, -0.1) is 11.3 Å². The fourth-order valence-electron chi connectivity index (χ4n) is 2.79. The third-order valence-corrected chi connectivity index (χ3v) is 6.86. The Hall–Kier alpha value is -2.75. The maximum absolute atomic E-state index is 12.7. The molecule has 0 bridgehead atoms. The lowest BCUT2D eigenvalue weighted by atomic mass is 10.1. The van der Waals surface area contributed by atoms with Gasteiger partial charge in [0.25, 0.3) is 0 Å². The molecule has 30 heavy (non-hydrogen) atoms. The predicted octanol–water partition coefficient (Wildman–Crippen LogP) is 3.78. The molecule has 158 valence electrons. The number of thiazole rings is 1. The number of aromatic nitrogens is 1. The van der Waals surface area contributed by atoms with Crippen molar-refractivity contribution in [3.8, 4) is 17.0 Å². The highest BCUT2D eigenvalue weighted by Gasteiger charge is 2.23. The van der Waals surface area contributed by atoms with Gasteiger partial charge in [0.15, 0.2) is 0 Å². The second-order valence-electron chi connectivity index (χ2n) is 6.55. The summed E-state index contributed by atoms with van der Waals surface area (Å²) in [7, 11) is -2.42. The maximum Gasteiger partial charge on any atom is 0.243 e. The molecule has 0 spiro atoms. The molecule has 3 rings (SSSR count). The van der Waals surface area contributed by atoms with Crippen LogP contribution in [0.15, 0.2) is 58.8 Å². The number of hydrogen-bond acceptors (Lipinski definition) is 6. The molecule has 0 atom stereocenters. The molecule has 0 aliphatic heterocycles. The number of anilines is 1. The van der Waals surface area contributed by atoms with Gasteiger partial charge in [-0.2, -0.15) is 4.31 Å². The monoisotopic (exact) mass is 445 g/mol. The molecule has 0 unspecified atom stereocenters. The van der Waals surface area contributed by atoms with Crippen LogP contribution in [0.1, 0.15) is 11.9 Å². The third kappa shape index (κ3) is 5.24. The first kappa shape index (κ1) is 21.9. The molecule has 0 saturated carbocycles. The minimum absolute atomic E-state index is 0.0992. The van der Waals surface area contributed by atoms with Crippen LogP contribution in [-0.4, -0.2) is 43.8 Å². The fraction of sp³-hybridized carbons (Fsp3) is 0.238. The Kier molecular flexibility index (Phi) is 6.86. The van der Waals surface area contributed by atoms with Gasteiger partial charge in [0.05, 0.1) is 28.7 Å². The number of carbonyl (C=O) groups excluding carboxylic acids is 1. The van der Waals surface area contributed by atoms with E-state index in [1.54, 1.807) is 29.5 Å². The zero-order valence-electron chi connectivity index (χ0n) is 17.0. The number of carbonyl (C=O) groups is 1. The SMILES string of the molecule is CCOc1ccc(S(=O)(=O)N(C)CC(=O)Nc2cccc(-c3csc(C)n3)c2)cc1. The van der Waals surface area contributed by atoms with Gasteiger partial charge in [0, 0.05) is 23.7 Å². The molecule has 9 heteroatoms. The van der Waals surface area contributed by atoms with Gasteiger partial charge < -0.3 is 10.1 Å². The fourth-order valence-corrected chi connectivity index (χ4v) is 4.54. The van der Waals surface area contributed by atoms with Crippen molar-refractivity contribution >= 4 is 33.0 Å². The van der Waals surface area contributed by atoms with Crippen LogP contribution in [0, 0.1) is 6.92 Å². The summed E-state index contributed by atoms with van der Waals surface area (Å²) in [5, 5.41) is 5.66. The Labute approximate surface area is 180 Å². The molecule has 0 fully saturated rings. The summed E-state index contributed by atoms with van der Waals surface area (Å²) in [6, 6.07) is 13.4. The van der Waals surface area contributed by atoms with Crippen LogP contribution in [0.5, 0.6) is 5.75 Å². The molecule has 0 aliphatic carbocycles. The number of rotatable bonds is 8. The zero-order chi connectivity index (χ0) is 21.7. The molecule has 0 saturated heterocycles. The van der Waals surface area contributed by atoms with Gasteiger partial charge in [-0.05, 0) is 50.2 Å². The minimum Gasteiger partial charge on any atom is -0.494 e. The Morgan fingerprint density at radius 1 is 1.20 bits per heavy atom. The minimum atomic E-state index is -3.80. The molecule has 3 aromatic rings. The van der Waals surface area contributed by atoms with Crippen molar-refractivity contribution in [1.82, 2.24) is 9.29 Å². The normalized spacial score (nSPS) is 11.5. The summed E-state index contributed by atoms with van der Waals surface area (Å²) in [5.41, 5.74) is 2.30. The molecule has 0 aliphatic rings. The Morgan fingerprint density at radius 3 is 2.57 bits per heavy atom. The van der Waals surface area contributed by atoms with Gasteiger partial charge in [0.2, 0.25) is 15.9 Å². The van der Waals surface area contributed by atoms with Crippen molar-refractivity contribution in [2.75, 3.05) is 25.5 Å². The lowest BCUT2D eigenvalue weighted by Gasteiger charge is -2.17. The lowest BCUT2D eigenvalue weighted by molar-refractivity contribution is -0.116. The standard InChI is InChI=1S/C21H23N3O4S2/c1-4-28-18-8-10-19(11-9-18)30(26,27)24(3)13-21(25)23-17-7-5-6-16(12-17)20-14-29-15(2)22-20/h5-12,14H,4,13H2,1-3H3,(H,23,25). The molecule has 1 N–H and O–H groups in total. The van der Waals surface area contributed by atoms with Crippen molar-refractivity contribution in [2.24, 2.45) is 0 Å². The highest BCUT2D eigenvalue weighted by molar-refractivity contribution is 7.89. The van der Waals surface area contributed by atoms with Crippen LogP contribution in [0.25, 0.3) is 11.3 Å². The molecule has 1 amide bonds. The number of nitrogens with one attached hydrogen (secondary N) is 1. The Bertz CT molecular complexity index is 1130. The average Bonchev–Trinajstić information content (AvgIpc) is 3.15. The maximum atomic E-state index is 12.7. The number of nitrogens with zero attached hydrogens (tertiary/aromatic N) is 2. The number of amides is 1. The van der Waals surface area contributed by atoms with E-state index in [0.717, 1.165) is 20.6 Å². The predicted molar refractivity (Wildman–Crippen MR) is 118 cm³/mol. The van der Waals surface area contributed by atoms with E-state index in [1.807, 2.05) is 37.4 Å². The molecular weight excluding hydrogens is 422 g/mol. The van der Waals surface area contributed by atoms with Gasteiger partial charge >= 0.3 is 0 Å². The number of ether oxygens (including phenoxy) is 1. The summed E-state index contributed by atoms with van der Waals surface area (Å²) < 4.78 is 31.8. The molecule has 1 heterocycles. The van der Waals surface area contributed by atoms with Crippen LogP contribution in [0.4, 0.5) is 5.69 Å². The first-order valence-corrected chi connectivity index (χ1v) is 11.6. The van der Waals surface area contributed by atoms with Crippen molar-refractivity contribution < 1.29 is 17.9 Å². The van der Waals surface area contributed by atoms with Crippen molar-refractivity contribution in [3.05, 3.63) is 58.9 Å². The molecule has 1 aromatic heterocycles. The third-order valence-electron chi connectivity index (χ3n) is 4.27. The van der Waals surface area contributed by atoms with E-state index < -0.39 is 15.9 Å². The van der Waals surface area contributed by atoms with Crippen LogP contribution in [-0.2, 0) is 14.8 Å². The van der Waals surface area contributed by atoms with E-state index in [-0.39, 0.29) is 11.4 Å². The van der Waals surface area contributed by atoms with Crippen molar-refractivity contribution in [1.29, 1.82) is 0 Å². The van der Waals surface area contributed by atoms with Crippen molar-refractivity contribution in [2.45, 2.75) is 18.7 Å². The second kappa shape index (κ2) is 9.38. The number of likely N-dealkylation sites (N-methyl/N-ethyl adjacent to an activating group) is 1. The topological polar surface area (TPSA) is 88.6 Å². The summed E-state index contributed by atoms with van der Waals surface area (Å²) in [6.45, 7) is 3.97. The summed E-state index contributed by atoms with van der Waals surface area (Å²) in [5.74, 6) is 0.158. The number of hydrogen-bond donors (Lipinski definition) is 1. The van der Waals surface area contributed by atoms with Crippen molar-refractivity contribution in [3.63, 3.8) is 0 Å². The lowest BCUT2D eigenvalue weighted by Crippen LogP contribution is -2.34. The molecular formula is C21H23N3O4S2. The van der Waals surface area contributed by atoms with E-state index in [4.69, 9.17) is 4.74 Å². The molecule has 2 aromatic carbocycles. The number of sulfonamides is 1. The highest BCUT2D eigenvalue weighted by atomic mass is 32.2. The van der Waals surface area contributed by atoms with E-state index in [2.05, 4.69) is 10.3 Å². The summed E-state index contributed by atoms with van der Waals surface area (Å²) in [6.07, 6.45) is 0. The quantitative estimate of drug-likeness (QED) is 0.570. The first-order valence-electron chi connectivity index (χ1n) is 9.31. The largest absolute Gasteiger partial charge is 0.494 e. The number of benzene rings is 2. The van der Waals surface area contributed by atoms with Gasteiger partial charge in [-0.3, -0.25) is 4.79 Å². The van der Waals surface area contributed by atoms with Gasteiger partial charge in [0.1, 0.15) is 5.75 Å². The Balaban J connectivity index is 1.66. The van der Waals surface area contributed by atoms with Gasteiger partial charge in [-0.1, -0.05) is 12.1 Å². The highest BCUT2D eigenvalue weighted by Crippen LogP contribution is 2.24. The van der Waals surface area contributed by atoms with Crippen LogP contribution >= 0.6 is 11.3 Å². The zero-order valence-corrected chi connectivity index (χ0v) is 18.6. The van der Waals surface area contributed by atoms with E-state index in [1.165, 1.54) is 19.2 Å². The Morgan fingerprint density at radius 2 is 1.93 bits per heavy atom. The summed E-state index contributed by atoms with van der Waals surface area (Å²) in [4.78, 5) is 17.0. The summed E-state index contributed by atoms with van der Waals surface area (Å²) >= 11 is 1.55. The van der Waals surface area contributed by atoms with E-state index >= 15 is 0 Å². The van der Waals surface area contributed by atoms with Crippen LogP contribution in [0.2, 0.25) is 0 Å². The van der Waals surface area contributed by atoms with E-state index in [0.29, 0.717) is 18.0 Å². The smallest absolute Gasteiger partial charge is 0.243 e. The molecule has 7 nitrogen and oxygen atoms in total. The van der Waals surface area contributed by atoms with Crippen LogP contribution in [0.3, 0.4) is 0 Å².